The van der Waals surface area contributed by atoms with Gasteiger partial charge in [-0.25, -0.2) is 0 Å². The molecule has 1 fully saturated rings. The van der Waals surface area contributed by atoms with Gasteiger partial charge in [0.1, 0.15) is 0 Å². The molecule has 0 amide bonds. The number of carbonyl (C=O) groups excluding carboxylic acids is 2. The lowest BCUT2D eigenvalue weighted by molar-refractivity contribution is -0.168. The number of hydrogen-bond donors (Lipinski definition) is 0. The number of esters is 2. The van der Waals surface area contributed by atoms with Gasteiger partial charge in [-0.3, -0.25) is 9.59 Å². The van der Waals surface area contributed by atoms with E-state index in [4.69, 9.17) is 9.47 Å². The second-order valence-corrected chi connectivity index (χ2v) is 12.9. The van der Waals surface area contributed by atoms with Crippen molar-refractivity contribution in [2.75, 3.05) is 14.2 Å². The molecule has 22 heavy (non-hydrogen) atoms. The van der Waals surface area contributed by atoms with E-state index in [2.05, 4.69) is 46.1 Å². The van der Waals surface area contributed by atoms with Crippen molar-refractivity contribution in [2.24, 2.45) is 5.41 Å². The Kier molecular flexibility index (Phi) is 5.12. The molecule has 124 valence electrons. The van der Waals surface area contributed by atoms with Crippen LogP contribution in [0, 0.1) is 5.41 Å². The van der Waals surface area contributed by atoms with Gasteiger partial charge in [-0.2, -0.15) is 0 Å². The maximum Gasteiger partial charge on any atom is 0.323 e. The van der Waals surface area contributed by atoms with Crippen molar-refractivity contribution >= 4 is 20.0 Å². The lowest BCUT2D eigenvalue weighted by atomic mass is 9.86. The van der Waals surface area contributed by atoms with Crippen molar-refractivity contribution < 1.29 is 19.1 Å². The first-order chi connectivity index (χ1) is 9.91. The molecular formula is C17H28O4Si. The Morgan fingerprint density at radius 2 is 1.59 bits per heavy atom. The second kappa shape index (κ2) is 6.03. The number of carbonyl (C=O) groups is 2. The van der Waals surface area contributed by atoms with E-state index in [0.717, 1.165) is 11.1 Å². The van der Waals surface area contributed by atoms with Gasteiger partial charge in [0, 0.05) is 0 Å². The fourth-order valence-electron chi connectivity index (χ4n) is 2.56. The Bertz CT molecular complexity index is 507. The van der Waals surface area contributed by atoms with E-state index in [1.54, 1.807) is 0 Å². The molecule has 1 aliphatic rings. The Morgan fingerprint density at radius 1 is 1.14 bits per heavy atom. The smallest absolute Gasteiger partial charge is 0.323 e. The summed E-state index contributed by atoms with van der Waals surface area (Å²) < 4.78 is 9.72. The van der Waals surface area contributed by atoms with Crippen LogP contribution in [-0.4, -0.2) is 34.2 Å². The third-order valence-electron chi connectivity index (χ3n) is 5.08. The van der Waals surface area contributed by atoms with Gasteiger partial charge in [0.25, 0.3) is 0 Å². The van der Waals surface area contributed by atoms with Gasteiger partial charge in [0.2, 0.25) is 0 Å². The number of methoxy groups -OCH3 is 2. The zero-order chi connectivity index (χ0) is 17.3. The van der Waals surface area contributed by atoms with Gasteiger partial charge >= 0.3 is 11.9 Å². The van der Waals surface area contributed by atoms with Crippen LogP contribution in [0.15, 0.2) is 23.4 Å². The maximum absolute atomic E-state index is 12.2. The maximum atomic E-state index is 12.2. The molecule has 0 saturated heterocycles. The van der Waals surface area contributed by atoms with Gasteiger partial charge in [-0.05, 0) is 17.9 Å². The van der Waals surface area contributed by atoms with Gasteiger partial charge in [0.05, 0.1) is 22.3 Å². The lowest BCUT2D eigenvalue weighted by Crippen LogP contribution is -2.39. The standard InChI is InChI=1S/C17H28O4Si/c1-12-9-17(14(18)20-5,15(19)21-6)10-13(12)11-22(7,8)16(2,3)4/h11H,1,9-10H2,2-8H3/b13-11+. The van der Waals surface area contributed by atoms with Crippen LogP contribution in [-0.2, 0) is 19.1 Å². The number of allylic oxidation sites excluding steroid dienone is 2. The molecular weight excluding hydrogens is 296 g/mol. The molecule has 0 aromatic rings. The predicted octanol–water partition coefficient (Wildman–Crippen LogP) is 3.64. The molecule has 5 heteroatoms. The van der Waals surface area contributed by atoms with Crippen molar-refractivity contribution in [3.05, 3.63) is 23.4 Å². The van der Waals surface area contributed by atoms with Crippen LogP contribution in [0.3, 0.4) is 0 Å². The molecule has 0 aliphatic heterocycles. The summed E-state index contributed by atoms with van der Waals surface area (Å²) >= 11 is 0. The van der Waals surface area contributed by atoms with Crippen LogP contribution in [0.2, 0.25) is 18.1 Å². The molecule has 1 aliphatic carbocycles. The van der Waals surface area contributed by atoms with Gasteiger partial charge in [-0.15, -0.1) is 0 Å². The molecule has 0 aromatic heterocycles. The molecule has 1 saturated carbocycles. The largest absolute Gasteiger partial charge is 0.468 e. The van der Waals surface area contributed by atoms with Crippen LogP contribution in [0.1, 0.15) is 33.6 Å². The summed E-state index contributed by atoms with van der Waals surface area (Å²) in [6, 6.07) is 0. The molecule has 4 nitrogen and oxygen atoms in total. The monoisotopic (exact) mass is 324 g/mol. The molecule has 0 atom stereocenters. The summed E-state index contributed by atoms with van der Waals surface area (Å²) in [5, 5.41) is 0.183. The van der Waals surface area contributed by atoms with Crippen LogP contribution in [0.5, 0.6) is 0 Å². The first-order valence-electron chi connectivity index (χ1n) is 7.48. The van der Waals surface area contributed by atoms with E-state index in [0.29, 0.717) is 6.42 Å². The minimum Gasteiger partial charge on any atom is -0.468 e. The first kappa shape index (κ1) is 18.7. The lowest BCUT2D eigenvalue weighted by Gasteiger charge is -2.35. The normalized spacial score (nSPS) is 20.1. The van der Waals surface area contributed by atoms with Crippen molar-refractivity contribution in [1.29, 1.82) is 0 Å². The summed E-state index contributed by atoms with van der Waals surface area (Å²) in [7, 11) is 0.903. The van der Waals surface area contributed by atoms with Crippen LogP contribution < -0.4 is 0 Å². The molecule has 1 rings (SSSR count). The molecule has 0 radical (unpaired) electrons. The highest BCUT2D eigenvalue weighted by Crippen LogP contribution is 2.48. The molecule has 0 unspecified atom stereocenters. The number of rotatable bonds is 3. The Balaban J connectivity index is 3.28. The first-order valence-corrected chi connectivity index (χ1v) is 10.6. The second-order valence-electron chi connectivity index (χ2n) is 7.66. The minimum absolute atomic E-state index is 0.183. The highest BCUT2D eigenvalue weighted by Gasteiger charge is 2.53. The fourth-order valence-corrected chi connectivity index (χ4v) is 4.17. The third kappa shape index (κ3) is 3.19. The highest BCUT2D eigenvalue weighted by molar-refractivity contribution is 6.84. The van der Waals surface area contributed by atoms with Crippen LogP contribution in [0.25, 0.3) is 0 Å². The molecule has 0 aromatic carbocycles. The van der Waals surface area contributed by atoms with E-state index in [1.807, 2.05) is 0 Å². The van der Waals surface area contributed by atoms with Crippen molar-refractivity contribution in [1.82, 2.24) is 0 Å². The van der Waals surface area contributed by atoms with Crippen molar-refractivity contribution in [3.63, 3.8) is 0 Å². The topological polar surface area (TPSA) is 52.6 Å². The number of hydrogen-bond acceptors (Lipinski definition) is 4. The fraction of sp³-hybridized carbons (Fsp3) is 0.647. The quantitative estimate of drug-likeness (QED) is 0.452. The van der Waals surface area contributed by atoms with E-state index in [-0.39, 0.29) is 11.5 Å². The Morgan fingerprint density at radius 3 is 1.95 bits per heavy atom. The molecule has 0 spiro atoms. The summed E-state index contributed by atoms with van der Waals surface area (Å²) in [6.45, 7) is 15.3. The number of ether oxygens (including phenoxy) is 2. The predicted molar refractivity (Wildman–Crippen MR) is 90.1 cm³/mol. The van der Waals surface area contributed by atoms with E-state index in [9.17, 15) is 9.59 Å². The van der Waals surface area contributed by atoms with Crippen molar-refractivity contribution in [3.8, 4) is 0 Å². The van der Waals surface area contributed by atoms with Crippen molar-refractivity contribution in [2.45, 2.75) is 51.7 Å². The summed E-state index contributed by atoms with van der Waals surface area (Å²) in [4.78, 5) is 24.4. The zero-order valence-electron chi connectivity index (χ0n) is 14.8. The Hall–Kier alpha value is -1.36. The third-order valence-corrected chi connectivity index (χ3v) is 10.0. The minimum atomic E-state index is -1.69. The molecule has 0 bridgehead atoms. The SMILES string of the molecule is C=C1CC(C(=O)OC)(C(=O)OC)C/C1=C\[Si](C)(C)C(C)(C)C. The van der Waals surface area contributed by atoms with Gasteiger partial charge in [0.15, 0.2) is 5.41 Å². The van der Waals surface area contributed by atoms with E-state index < -0.39 is 25.4 Å². The Labute approximate surface area is 134 Å². The average Bonchev–Trinajstić information content (AvgIpc) is 2.73. The zero-order valence-corrected chi connectivity index (χ0v) is 15.8. The summed E-state index contributed by atoms with van der Waals surface area (Å²) in [6.07, 6.45) is 0.588. The summed E-state index contributed by atoms with van der Waals surface area (Å²) in [5.74, 6) is -1.08. The van der Waals surface area contributed by atoms with Crippen LogP contribution >= 0.6 is 0 Å². The highest BCUT2D eigenvalue weighted by atomic mass is 28.3. The molecule has 0 N–H and O–H groups in total. The molecule has 0 heterocycles. The van der Waals surface area contributed by atoms with Crippen LogP contribution in [0.4, 0.5) is 0 Å². The summed E-state index contributed by atoms with van der Waals surface area (Å²) in [5.41, 5.74) is 2.83. The van der Waals surface area contributed by atoms with E-state index >= 15 is 0 Å². The van der Waals surface area contributed by atoms with E-state index in [1.165, 1.54) is 14.2 Å². The van der Waals surface area contributed by atoms with Gasteiger partial charge in [-0.1, -0.05) is 57.3 Å². The van der Waals surface area contributed by atoms with Gasteiger partial charge < -0.3 is 9.47 Å². The average molecular weight is 324 g/mol.